The number of rotatable bonds is 9. The minimum Gasteiger partial charge on any atom is -0.497 e. The fourth-order valence-electron chi connectivity index (χ4n) is 4.58. The zero-order valence-electron chi connectivity index (χ0n) is 22.3. The van der Waals surface area contributed by atoms with Gasteiger partial charge in [-0.1, -0.05) is 20.8 Å². The van der Waals surface area contributed by atoms with E-state index in [2.05, 4.69) is 4.90 Å². The van der Waals surface area contributed by atoms with E-state index in [1.54, 1.807) is 18.3 Å². The first-order chi connectivity index (χ1) is 17.7. The molecule has 1 saturated heterocycles. The number of ether oxygens (including phenoxy) is 2. The number of carbonyl (C=O) groups is 2. The van der Waals surface area contributed by atoms with Gasteiger partial charge in [0.2, 0.25) is 5.91 Å². The average Bonchev–Trinajstić information content (AvgIpc) is 3.56. The molecule has 37 heavy (non-hydrogen) atoms. The highest BCUT2D eigenvalue weighted by molar-refractivity contribution is 6.03. The van der Waals surface area contributed by atoms with Crippen LogP contribution >= 0.6 is 0 Å². The fraction of sp³-hybridized carbons (Fsp3) is 0.536. The third kappa shape index (κ3) is 7.20. The summed E-state index contributed by atoms with van der Waals surface area (Å²) in [6.07, 6.45) is 2.49. The fourth-order valence-corrected chi connectivity index (χ4v) is 4.58. The Morgan fingerprint density at radius 1 is 1.14 bits per heavy atom. The minimum absolute atomic E-state index is 0.0257. The Labute approximate surface area is 219 Å². The second kappa shape index (κ2) is 11.9. The van der Waals surface area contributed by atoms with Gasteiger partial charge < -0.3 is 18.8 Å². The molecule has 0 aliphatic carbocycles. The van der Waals surface area contributed by atoms with Gasteiger partial charge in [0.1, 0.15) is 24.1 Å². The molecule has 1 aromatic heterocycles. The highest BCUT2D eigenvalue weighted by Crippen LogP contribution is 2.33. The molecule has 0 radical (unpaired) electrons. The van der Waals surface area contributed by atoms with Crippen molar-refractivity contribution in [3.8, 4) is 5.75 Å². The Balaban J connectivity index is 1.53. The van der Waals surface area contributed by atoms with Gasteiger partial charge in [0.25, 0.3) is 5.91 Å². The molecule has 9 nitrogen and oxygen atoms in total. The van der Waals surface area contributed by atoms with Gasteiger partial charge in [-0.3, -0.25) is 14.5 Å². The van der Waals surface area contributed by atoms with Crippen molar-refractivity contribution in [3.05, 3.63) is 54.0 Å². The van der Waals surface area contributed by atoms with Crippen molar-refractivity contribution in [2.75, 3.05) is 53.0 Å². The zero-order chi connectivity index (χ0) is 26.4. The molecule has 2 aliphatic rings. The Hall–Kier alpha value is -3.17. The van der Waals surface area contributed by atoms with Gasteiger partial charge in [-0.15, -0.1) is 0 Å². The number of methoxy groups -OCH3 is 1. The predicted molar refractivity (Wildman–Crippen MR) is 140 cm³/mol. The van der Waals surface area contributed by atoms with E-state index < -0.39 is 0 Å². The van der Waals surface area contributed by atoms with Gasteiger partial charge >= 0.3 is 0 Å². The van der Waals surface area contributed by atoms with E-state index in [1.807, 2.05) is 57.2 Å². The van der Waals surface area contributed by atoms with Gasteiger partial charge in [-0.2, -0.15) is 5.10 Å². The molecular weight excluding hydrogens is 472 g/mol. The van der Waals surface area contributed by atoms with Crippen molar-refractivity contribution in [1.29, 1.82) is 0 Å². The molecule has 4 rings (SSSR count). The highest BCUT2D eigenvalue weighted by Gasteiger charge is 2.36. The van der Waals surface area contributed by atoms with E-state index in [1.165, 1.54) is 5.01 Å². The Morgan fingerprint density at radius 3 is 2.49 bits per heavy atom. The summed E-state index contributed by atoms with van der Waals surface area (Å²) in [5.41, 5.74) is 1.53. The molecule has 2 aromatic rings. The lowest BCUT2D eigenvalue weighted by Gasteiger charge is -2.32. The van der Waals surface area contributed by atoms with E-state index in [0.717, 1.165) is 30.1 Å². The first kappa shape index (κ1) is 26.9. The quantitative estimate of drug-likeness (QED) is 0.513. The monoisotopic (exact) mass is 510 g/mol. The molecule has 3 heterocycles. The normalized spacial score (nSPS) is 18.5. The second-order valence-corrected chi connectivity index (χ2v) is 10.8. The van der Waals surface area contributed by atoms with Crippen molar-refractivity contribution in [2.24, 2.45) is 10.5 Å². The molecule has 2 amide bonds. The molecule has 1 atom stereocenters. The Bertz CT molecular complexity index is 1070. The molecule has 2 aliphatic heterocycles. The number of hydrogen-bond donors (Lipinski definition) is 0. The molecular formula is C28H38N4O5. The minimum atomic E-state index is -0.363. The van der Waals surface area contributed by atoms with Crippen LogP contribution in [0, 0.1) is 5.41 Å². The van der Waals surface area contributed by atoms with Crippen LogP contribution in [0.25, 0.3) is 0 Å². The van der Waals surface area contributed by atoms with E-state index in [4.69, 9.17) is 19.0 Å². The van der Waals surface area contributed by atoms with Gasteiger partial charge in [0.05, 0.1) is 32.3 Å². The maximum Gasteiger partial charge on any atom is 0.262 e. The number of benzene rings is 1. The summed E-state index contributed by atoms with van der Waals surface area (Å²) in [5, 5.41) is 6.21. The summed E-state index contributed by atoms with van der Waals surface area (Å²) in [5.74, 6) is 1.17. The first-order valence-electron chi connectivity index (χ1n) is 12.9. The standard InChI is InChI=1S/C28H38N4O5/c1-28(2,3)19-26(33)31(12-11-30-13-16-36-17-14-30)20-27(34)32-24(25-6-5-15-37-25)18-23(29-32)21-7-9-22(35-4)10-8-21/h5-10,15,24H,11-14,16-20H2,1-4H3. The van der Waals surface area contributed by atoms with Gasteiger partial charge in [-0.05, 0) is 47.4 Å². The van der Waals surface area contributed by atoms with Crippen LogP contribution in [-0.2, 0) is 14.3 Å². The van der Waals surface area contributed by atoms with Crippen LogP contribution < -0.4 is 4.74 Å². The van der Waals surface area contributed by atoms with Crippen LogP contribution in [0.1, 0.15) is 51.0 Å². The number of morpholine rings is 1. The van der Waals surface area contributed by atoms with Gasteiger partial charge in [0, 0.05) is 39.0 Å². The summed E-state index contributed by atoms with van der Waals surface area (Å²) >= 11 is 0. The maximum absolute atomic E-state index is 13.7. The number of carbonyl (C=O) groups excluding carboxylic acids is 2. The summed E-state index contributed by atoms with van der Waals surface area (Å²) in [4.78, 5) is 30.9. The predicted octanol–water partition coefficient (Wildman–Crippen LogP) is 3.56. The molecule has 0 N–H and O–H groups in total. The molecule has 1 unspecified atom stereocenters. The van der Waals surface area contributed by atoms with E-state index in [-0.39, 0.29) is 29.8 Å². The Kier molecular flexibility index (Phi) is 8.66. The van der Waals surface area contributed by atoms with Crippen molar-refractivity contribution in [2.45, 2.75) is 39.7 Å². The maximum atomic E-state index is 13.7. The number of hydrazone groups is 1. The lowest BCUT2D eigenvalue weighted by molar-refractivity contribution is -0.143. The second-order valence-electron chi connectivity index (χ2n) is 10.8. The molecule has 1 aromatic carbocycles. The smallest absolute Gasteiger partial charge is 0.262 e. The van der Waals surface area contributed by atoms with Crippen molar-refractivity contribution < 1.29 is 23.5 Å². The summed E-state index contributed by atoms with van der Waals surface area (Å²) in [6, 6.07) is 10.9. The number of furan rings is 1. The first-order valence-corrected chi connectivity index (χ1v) is 12.9. The van der Waals surface area contributed by atoms with Crippen molar-refractivity contribution in [1.82, 2.24) is 14.8 Å². The van der Waals surface area contributed by atoms with Crippen molar-refractivity contribution in [3.63, 3.8) is 0 Å². The van der Waals surface area contributed by atoms with Crippen LogP contribution in [0.5, 0.6) is 5.75 Å². The lowest BCUT2D eigenvalue weighted by atomic mass is 9.91. The van der Waals surface area contributed by atoms with Gasteiger partial charge in [0.15, 0.2) is 0 Å². The summed E-state index contributed by atoms with van der Waals surface area (Å²) < 4.78 is 16.4. The van der Waals surface area contributed by atoms with Crippen LogP contribution in [-0.4, -0.2) is 85.4 Å². The number of nitrogens with zero attached hydrogens (tertiary/aromatic N) is 4. The van der Waals surface area contributed by atoms with Crippen molar-refractivity contribution >= 4 is 17.5 Å². The van der Waals surface area contributed by atoms with E-state index in [0.29, 0.717) is 44.9 Å². The van der Waals surface area contributed by atoms with Crippen LogP contribution in [0.2, 0.25) is 0 Å². The summed E-state index contributed by atoms with van der Waals surface area (Å²) in [7, 11) is 1.63. The zero-order valence-corrected chi connectivity index (χ0v) is 22.3. The SMILES string of the molecule is COc1ccc(C2=NN(C(=O)CN(CCN3CCOCC3)C(=O)CC(C)(C)C)C(c3ccco3)C2)cc1. The lowest BCUT2D eigenvalue weighted by Crippen LogP contribution is -2.47. The highest BCUT2D eigenvalue weighted by atomic mass is 16.5. The van der Waals surface area contributed by atoms with Crippen LogP contribution in [0.3, 0.4) is 0 Å². The van der Waals surface area contributed by atoms with Gasteiger partial charge in [-0.25, -0.2) is 5.01 Å². The van der Waals surface area contributed by atoms with Crippen LogP contribution in [0.15, 0.2) is 52.2 Å². The molecule has 9 heteroatoms. The number of hydrogen-bond acceptors (Lipinski definition) is 7. The van der Waals surface area contributed by atoms with E-state index in [9.17, 15) is 9.59 Å². The molecule has 0 saturated carbocycles. The third-order valence-electron chi connectivity index (χ3n) is 6.61. The molecule has 0 spiro atoms. The third-order valence-corrected chi connectivity index (χ3v) is 6.61. The summed E-state index contributed by atoms with van der Waals surface area (Å²) in [6.45, 7) is 10.3. The molecule has 0 bridgehead atoms. The largest absolute Gasteiger partial charge is 0.497 e. The average molecular weight is 511 g/mol. The molecule has 200 valence electrons. The number of amides is 2. The molecule has 1 fully saturated rings. The topological polar surface area (TPSA) is 87.8 Å². The van der Waals surface area contributed by atoms with E-state index >= 15 is 0 Å². The Morgan fingerprint density at radius 2 is 1.86 bits per heavy atom. The van der Waals surface area contributed by atoms with Crippen LogP contribution in [0.4, 0.5) is 0 Å².